The van der Waals surface area contributed by atoms with Crippen LogP contribution >= 0.6 is 23.2 Å². The lowest BCUT2D eigenvalue weighted by atomic mass is 9.96. The molecule has 1 aliphatic carbocycles. The third-order valence-electron chi connectivity index (χ3n) is 3.75. The van der Waals surface area contributed by atoms with Gasteiger partial charge in [0.2, 0.25) is 0 Å². The van der Waals surface area contributed by atoms with Gasteiger partial charge in [-0.3, -0.25) is 0 Å². The first-order valence-electron chi connectivity index (χ1n) is 6.31. The standard InChI is InChI=1S/C16H13Cl2F/c17-13-6-5-11(15(19)9-13)8-12-7-10-3-1-2-4-14(10)16(12)18/h1-6,9,12,16H,7-8H2. The minimum Gasteiger partial charge on any atom is -0.207 e. The SMILES string of the molecule is Fc1cc(Cl)ccc1CC1Cc2ccccc2C1Cl. The Bertz CT molecular complexity index is 609. The molecule has 0 bridgehead atoms. The van der Waals surface area contributed by atoms with E-state index >= 15 is 0 Å². The summed E-state index contributed by atoms with van der Waals surface area (Å²) < 4.78 is 13.8. The average molecular weight is 295 g/mol. The van der Waals surface area contributed by atoms with Crippen molar-refractivity contribution in [3.63, 3.8) is 0 Å². The molecule has 0 aromatic heterocycles. The van der Waals surface area contributed by atoms with Crippen LogP contribution < -0.4 is 0 Å². The van der Waals surface area contributed by atoms with E-state index in [1.165, 1.54) is 17.2 Å². The maximum Gasteiger partial charge on any atom is 0.127 e. The van der Waals surface area contributed by atoms with Gasteiger partial charge in [-0.15, -0.1) is 11.6 Å². The molecule has 1 aliphatic rings. The Morgan fingerprint density at radius 1 is 1.16 bits per heavy atom. The molecule has 0 amide bonds. The summed E-state index contributed by atoms with van der Waals surface area (Å²) in [6, 6.07) is 13.0. The van der Waals surface area contributed by atoms with Crippen molar-refractivity contribution in [2.75, 3.05) is 0 Å². The smallest absolute Gasteiger partial charge is 0.127 e. The highest BCUT2D eigenvalue weighted by Gasteiger charge is 2.31. The van der Waals surface area contributed by atoms with E-state index in [-0.39, 0.29) is 17.1 Å². The molecule has 0 saturated carbocycles. The summed E-state index contributed by atoms with van der Waals surface area (Å²) in [7, 11) is 0. The minimum atomic E-state index is -0.243. The van der Waals surface area contributed by atoms with Gasteiger partial charge in [0.1, 0.15) is 5.82 Å². The van der Waals surface area contributed by atoms with Gasteiger partial charge in [0, 0.05) is 5.02 Å². The van der Waals surface area contributed by atoms with E-state index in [9.17, 15) is 4.39 Å². The summed E-state index contributed by atoms with van der Waals surface area (Å²) in [4.78, 5) is 0. The van der Waals surface area contributed by atoms with Crippen LogP contribution in [0.15, 0.2) is 42.5 Å². The Morgan fingerprint density at radius 2 is 1.95 bits per heavy atom. The van der Waals surface area contributed by atoms with Gasteiger partial charge in [-0.25, -0.2) is 4.39 Å². The number of alkyl halides is 1. The van der Waals surface area contributed by atoms with Crippen molar-refractivity contribution in [1.82, 2.24) is 0 Å². The summed E-state index contributed by atoms with van der Waals surface area (Å²) >= 11 is 12.3. The molecule has 0 heterocycles. The lowest BCUT2D eigenvalue weighted by Crippen LogP contribution is -2.08. The summed E-state index contributed by atoms with van der Waals surface area (Å²) in [5.74, 6) is 0.00191. The molecule has 19 heavy (non-hydrogen) atoms. The summed E-state index contributed by atoms with van der Waals surface area (Å²) in [5, 5.41) is 0.393. The molecular weight excluding hydrogens is 282 g/mol. The van der Waals surface area contributed by atoms with E-state index in [0.717, 1.165) is 6.42 Å². The second-order valence-electron chi connectivity index (χ2n) is 5.00. The zero-order valence-electron chi connectivity index (χ0n) is 10.2. The zero-order valence-corrected chi connectivity index (χ0v) is 11.8. The van der Waals surface area contributed by atoms with Gasteiger partial charge < -0.3 is 0 Å². The highest BCUT2D eigenvalue weighted by molar-refractivity contribution is 6.30. The monoisotopic (exact) mass is 294 g/mol. The maximum atomic E-state index is 13.8. The first-order valence-corrected chi connectivity index (χ1v) is 7.12. The molecular formula is C16H13Cl2F. The van der Waals surface area contributed by atoms with Crippen LogP contribution in [-0.4, -0.2) is 0 Å². The van der Waals surface area contributed by atoms with Crippen LogP contribution in [0.1, 0.15) is 22.1 Å². The maximum absolute atomic E-state index is 13.8. The highest BCUT2D eigenvalue weighted by atomic mass is 35.5. The Balaban J connectivity index is 1.83. The Labute approximate surface area is 122 Å². The van der Waals surface area contributed by atoms with E-state index in [1.54, 1.807) is 12.1 Å². The molecule has 0 saturated heterocycles. The minimum absolute atomic E-state index is 0.0359. The van der Waals surface area contributed by atoms with E-state index < -0.39 is 0 Å². The summed E-state index contributed by atoms with van der Waals surface area (Å²) in [6.07, 6.45) is 1.55. The molecule has 3 rings (SSSR count). The molecule has 0 fully saturated rings. The van der Waals surface area contributed by atoms with Crippen molar-refractivity contribution in [3.8, 4) is 0 Å². The second kappa shape index (κ2) is 5.15. The molecule has 2 atom stereocenters. The third kappa shape index (κ3) is 2.50. The van der Waals surface area contributed by atoms with Crippen molar-refractivity contribution in [1.29, 1.82) is 0 Å². The number of benzene rings is 2. The van der Waals surface area contributed by atoms with Gasteiger partial charge in [0.15, 0.2) is 0 Å². The van der Waals surface area contributed by atoms with Crippen molar-refractivity contribution < 1.29 is 4.39 Å². The van der Waals surface area contributed by atoms with Gasteiger partial charge in [-0.1, -0.05) is 41.9 Å². The van der Waals surface area contributed by atoms with E-state index in [1.807, 2.05) is 12.1 Å². The van der Waals surface area contributed by atoms with Gasteiger partial charge >= 0.3 is 0 Å². The number of hydrogen-bond donors (Lipinski definition) is 0. The van der Waals surface area contributed by atoms with Crippen LogP contribution in [0, 0.1) is 11.7 Å². The Kier molecular flexibility index (Phi) is 3.51. The largest absolute Gasteiger partial charge is 0.207 e. The predicted octanol–water partition coefficient (Wildman–Crippen LogP) is 5.17. The van der Waals surface area contributed by atoms with Crippen LogP contribution in [0.4, 0.5) is 4.39 Å². The average Bonchev–Trinajstić information content (AvgIpc) is 2.70. The molecule has 0 N–H and O–H groups in total. The second-order valence-corrected chi connectivity index (χ2v) is 5.91. The highest BCUT2D eigenvalue weighted by Crippen LogP contribution is 2.42. The van der Waals surface area contributed by atoms with E-state index in [2.05, 4.69) is 12.1 Å². The fraction of sp³-hybridized carbons (Fsp3) is 0.250. The molecule has 3 heteroatoms. The molecule has 0 aliphatic heterocycles. The van der Waals surface area contributed by atoms with Crippen LogP contribution in [-0.2, 0) is 12.8 Å². The van der Waals surface area contributed by atoms with Gasteiger partial charge in [-0.05, 0) is 47.6 Å². The molecule has 0 nitrogen and oxygen atoms in total. The molecule has 2 unspecified atom stereocenters. The van der Waals surface area contributed by atoms with Crippen LogP contribution in [0.3, 0.4) is 0 Å². The molecule has 98 valence electrons. The van der Waals surface area contributed by atoms with Crippen LogP contribution in [0.2, 0.25) is 5.02 Å². The van der Waals surface area contributed by atoms with E-state index in [0.29, 0.717) is 17.0 Å². The van der Waals surface area contributed by atoms with Crippen molar-refractivity contribution in [2.45, 2.75) is 18.2 Å². The normalized spacial score (nSPS) is 21.4. The first kappa shape index (κ1) is 13.0. The number of halogens is 3. The van der Waals surface area contributed by atoms with Crippen molar-refractivity contribution in [3.05, 3.63) is 70.0 Å². The number of fused-ring (bicyclic) bond motifs is 1. The topological polar surface area (TPSA) is 0 Å². The lowest BCUT2D eigenvalue weighted by Gasteiger charge is -2.14. The Hall–Kier alpha value is -1.05. The number of hydrogen-bond acceptors (Lipinski definition) is 0. The van der Waals surface area contributed by atoms with Crippen LogP contribution in [0.5, 0.6) is 0 Å². The van der Waals surface area contributed by atoms with Crippen molar-refractivity contribution >= 4 is 23.2 Å². The first-order chi connectivity index (χ1) is 9.15. The summed E-state index contributed by atoms with van der Waals surface area (Å²) in [6.45, 7) is 0. The van der Waals surface area contributed by atoms with E-state index in [4.69, 9.17) is 23.2 Å². The fourth-order valence-electron chi connectivity index (χ4n) is 2.77. The Morgan fingerprint density at radius 3 is 2.68 bits per heavy atom. The lowest BCUT2D eigenvalue weighted by molar-refractivity contribution is 0.519. The van der Waals surface area contributed by atoms with Gasteiger partial charge in [0.25, 0.3) is 0 Å². The molecule has 0 radical (unpaired) electrons. The van der Waals surface area contributed by atoms with Crippen LogP contribution in [0.25, 0.3) is 0 Å². The zero-order chi connectivity index (χ0) is 13.4. The predicted molar refractivity (Wildman–Crippen MR) is 77.3 cm³/mol. The number of rotatable bonds is 2. The molecule has 0 spiro atoms. The molecule has 2 aromatic carbocycles. The summed E-state index contributed by atoms with van der Waals surface area (Å²) in [5.41, 5.74) is 3.15. The quantitative estimate of drug-likeness (QED) is 0.670. The van der Waals surface area contributed by atoms with Gasteiger partial charge in [0.05, 0.1) is 5.38 Å². The van der Waals surface area contributed by atoms with Crippen molar-refractivity contribution in [2.24, 2.45) is 5.92 Å². The fourth-order valence-corrected chi connectivity index (χ4v) is 3.32. The van der Waals surface area contributed by atoms with Gasteiger partial charge in [-0.2, -0.15) is 0 Å². The third-order valence-corrected chi connectivity index (χ3v) is 4.57. The molecule has 2 aromatic rings.